The van der Waals surface area contributed by atoms with Crippen molar-refractivity contribution in [3.8, 4) is 5.75 Å². The summed E-state index contributed by atoms with van der Waals surface area (Å²) < 4.78 is 6.03. The van der Waals surface area contributed by atoms with Crippen LogP contribution in [-0.2, 0) is 6.54 Å². The third-order valence-electron chi connectivity index (χ3n) is 2.94. The fourth-order valence-corrected chi connectivity index (χ4v) is 1.82. The predicted octanol–water partition coefficient (Wildman–Crippen LogP) is 0.796. The lowest BCUT2D eigenvalue weighted by molar-refractivity contribution is 0.101. The van der Waals surface area contributed by atoms with Gasteiger partial charge in [0, 0.05) is 6.20 Å². The van der Waals surface area contributed by atoms with Gasteiger partial charge < -0.3 is 9.72 Å². The summed E-state index contributed by atoms with van der Waals surface area (Å²) in [7, 11) is 1.56. The fraction of sp³-hybridized carbons (Fsp3) is 0.214. The lowest BCUT2D eigenvalue weighted by Crippen LogP contribution is -2.37. The van der Waals surface area contributed by atoms with E-state index in [1.807, 2.05) is 0 Å². The maximum absolute atomic E-state index is 12.1. The van der Waals surface area contributed by atoms with E-state index in [-0.39, 0.29) is 17.9 Å². The van der Waals surface area contributed by atoms with Crippen molar-refractivity contribution in [2.75, 3.05) is 7.11 Å². The van der Waals surface area contributed by atoms with Gasteiger partial charge >= 0.3 is 5.69 Å². The molecule has 1 aromatic carbocycles. The van der Waals surface area contributed by atoms with Crippen LogP contribution < -0.4 is 16.0 Å². The number of aromatic nitrogens is 2. The molecule has 6 heteroatoms. The van der Waals surface area contributed by atoms with Crippen LogP contribution in [0.5, 0.6) is 5.75 Å². The van der Waals surface area contributed by atoms with E-state index in [0.29, 0.717) is 5.75 Å². The molecule has 6 nitrogen and oxygen atoms in total. The standard InChI is InChI=1S/C14H14N2O4/c1-9(17)12-7-15-14(19)16(13(12)18)8-10-3-5-11(20-2)6-4-10/h3-7H,8H2,1-2H3,(H,15,19). The first-order valence-electron chi connectivity index (χ1n) is 5.99. The first-order chi connectivity index (χ1) is 9.52. The Morgan fingerprint density at radius 2 is 1.90 bits per heavy atom. The van der Waals surface area contributed by atoms with Crippen molar-refractivity contribution in [3.63, 3.8) is 0 Å². The number of benzene rings is 1. The van der Waals surface area contributed by atoms with E-state index in [2.05, 4.69) is 4.98 Å². The molecule has 0 aliphatic carbocycles. The second kappa shape index (κ2) is 5.56. The van der Waals surface area contributed by atoms with Crippen molar-refractivity contribution >= 4 is 5.78 Å². The molecule has 0 spiro atoms. The number of H-pyrrole nitrogens is 1. The molecule has 2 aromatic rings. The molecule has 1 aromatic heterocycles. The minimum atomic E-state index is -0.586. The number of rotatable bonds is 4. The first-order valence-corrected chi connectivity index (χ1v) is 5.99. The number of carbonyl (C=O) groups excluding carboxylic acids is 1. The Morgan fingerprint density at radius 3 is 2.45 bits per heavy atom. The van der Waals surface area contributed by atoms with Crippen LogP contribution in [0.1, 0.15) is 22.8 Å². The molecular weight excluding hydrogens is 260 g/mol. The van der Waals surface area contributed by atoms with Crippen molar-refractivity contribution in [2.45, 2.75) is 13.5 Å². The molecule has 20 heavy (non-hydrogen) atoms. The minimum Gasteiger partial charge on any atom is -0.497 e. The van der Waals surface area contributed by atoms with Crippen molar-refractivity contribution in [1.82, 2.24) is 9.55 Å². The molecule has 0 radical (unpaired) electrons. The van der Waals surface area contributed by atoms with Gasteiger partial charge in [0.15, 0.2) is 5.78 Å². The summed E-state index contributed by atoms with van der Waals surface area (Å²) in [5.41, 5.74) is -0.398. The normalized spacial score (nSPS) is 10.3. The molecule has 0 bridgehead atoms. The Kier molecular flexibility index (Phi) is 3.84. The summed E-state index contributed by atoms with van der Waals surface area (Å²) >= 11 is 0. The SMILES string of the molecule is COc1ccc(Cn2c(=O)[nH]cc(C(C)=O)c2=O)cc1. The van der Waals surface area contributed by atoms with E-state index in [1.165, 1.54) is 6.92 Å². The second-order valence-corrected chi connectivity index (χ2v) is 4.30. The maximum atomic E-state index is 12.1. The second-order valence-electron chi connectivity index (χ2n) is 4.30. The number of hydrogen-bond acceptors (Lipinski definition) is 4. The average Bonchev–Trinajstić information content (AvgIpc) is 2.43. The van der Waals surface area contributed by atoms with Crippen LogP contribution in [0.3, 0.4) is 0 Å². The van der Waals surface area contributed by atoms with Crippen molar-refractivity contribution in [1.29, 1.82) is 0 Å². The number of aromatic amines is 1. The van der Waals surface area contributed by atoms with Gasteiger partial charge in [0.2, 0.25) is 0 Å². The van der Waals surface area contributed by atoms with E-state index >= 15 is 0 Å². The van der Waals surface area contributed by atoms with Gasteiger partial charge in [-0.05, 0) is 24.6 Å². The average molecular weight is 274 g/mol. The Bertz CT molecular complexity index is 741. The van der Waals surface area contributed by atoms with Crippen LogP contribution in [0.2, 0.25) is 0 Å². The Hall–Kier alpha value is -2.63. The summed E-state index contributed by atoms with van der Waals surface area (Å²) in [5, 5.41) is 0. The number of nitrogens with zero attached hydrogens (tertiary/aromatic N) is 1. The molecule has 0 amide bonds. The van der Waals surface area contributed by atoms with Crippen LogP contribution in [-0.4, -0.2) is 22.4 Å². The zero-order chi connectivity index (χ0) is 14.7. The summed E-state index contributed by atoms with van der Waals surface area (Å²) in [6.45, 7) is 1.38. The third kappa shape index (κ3) is 2.69. The topological polar surface area (TPSA) is 81.2 Å². The molecule has 0 unspecified atom stereocenters. The highest BCUT2D eigenvalue weighted by molar-refractivity contribution is 5.93. The smallest absolute Gasteiger partial charge is 0.328 e. The van der Waals surface area contributed by atoms with Gasteiger partial charge in [-0.2, -0.15) is 0 Å². The molecular formula is C14H14N2O4. The number of carbonyl (C=O) groups is 1. The first kappa shape index (κ1) is 13.8. The summed E-state index contributed by atoms with van der Waals surface area (Å²) in [5.74, 6) is 0.308. The van der Waals surface area contributed by atoms with E-state index in [0.717, 1.165) is 16.3 Å². The molecule has 0 aliphatic rings. The van der Waals surface area contributed by atoms with Crippen LogP contribution in [0, 0.1) is 0 Å². The van der Waals surface area contributed by atoms with Gasteiger partial charge in [0.25, 0.3) is 5.56 Å². The van der Waals surface area contributed by atoms with E-state index in [1.54, 1.807) is 31.4 Å². The Morgan fingerprint density at radius 1 is 1.25 bits per heavy atom. The number of ether oxygens (including phenoxy) is 1. The molecule has 0 saturated heterocycles. The summed E-state index contributed by atoms with van der Waals surface area (Å²) in [6.07, 6.45) is 1.15. The largest absolute Gasteiger partial charge is 0.497 e. The lowest BCUT2D eigenvalue weighted by atomic mass is 10.2. The van der Waals surface area contributed by atoms with Crippen LogP contribution in [0.15, 0.2) is 40.1 Å². The fourth-order valence-electron chi connectivity index (χ4n) is 1.82. The number of ketones is 1. The Balaban J connectivity index is 2.42. The molecule has 0 atom stereocenters. The molecule has 2 rings (SSSR count). The Labute approximate surface area is 114 Å². The number of Topliss-reactive ketones (excluding diaryl/α,β-unsaturated/α-hetero) is 1. The van der Waals surface area contributed by atoms with E-state index in [4.69, 9.17) is 4.74 Å². The third-order valence-corrected chi connectivity index (χ3v) is 2.94. The zero-order valence-corrected chi connectivity index (χ0v) is 11.2. The quantitative estimate of drug-likeness (QED) is 0.836. The minimum absolute atomic E-state index is 0.0295. The zero-order valence-electron chi connectivity index (χ0n) is 11.2. The highest BCUT2D eigenvalue weighted by Crippen LogP contribution is 2.11. The predicted molar refractivity (Wildman–Crippen MR) is 73.4 cm³/mol. The molecule has 0 aliphatic heterocycles. The number of methoxy groups -OCH3 is 1. The summed E-state index contributed by atoms with van der Waals surface area (Å²) in [6, 6.07) is 6.99. The van der Waals surface area contributed by atoms with Crippen LogP contribution >= 0.6 is 0 Å². The van der Waals surface area contributed by atoms with Gasteiger partial charge in [-0.25, -0.2) is 4.79 Å². The van der Waals surface area contributed by atoms with E-state index in [9.17, 15) is 14.4 Å². The van der Waals surface area contributed by atoms with Crippen molar-refractivity contribution < 1.29 is 9.53 Å². The van der Waals surface area contributed by atoms with Gasteiger partial charge in [-0.15, -0.1) is 0 Å². The van der Waals surface area contributed by atoms with Gasteiger partial charge in [-0.1, -0.05) is 12.1 Å². The van der Waals surface area contributed by atoms with Gasteiger partial charge in [0.1, 0.15) is 5.75 Å². The highest BCUT2D eigenvalue weighted by Gasteiger charge is 2.11. The monoisotopic (exact) mass is 274 g/mol. The number of hydrogen-bond donors (Lipinski definition) is 1. The lowest BCUT2D eigenvalue weighted by Gasteiger charge is -2.07. The molecule has 1 heterocycles. The number of nitrogens with one attached hydrogen (secondary N) is 1. The van der Waals surface area contributed by atoms with Gasteiger partial charge in [0.05, 0.1) is 19.2 Å². The van der Waals surface area contributed by atoms with Gasteiger partial charge in [-0.3, -0.25) is 14.2 Å². The van der Waals surface area contributed by atoms with E-state index < -0.39 is 11.2 Å². The molecule has 0 fully saturated rings. The highest BCUT2D eigenvalue weighted by atomic mass is 16.5. The van der Waals surface area contributed by atoms with Crippen LogP contribution in [0.25, 0.3) is 0 Å². The maximum Gasteiger partial charge on any atom is 0.328 e. The molecule has 0 saturated carbocycles. The van der Waals surface area contributed by atoms with Crippen LogP contribution in [0.4, 0.5) is 0 Å². The van der Waals surface area contributed by atoms with Crippen molar-refractivity contribution in [3.05, 3.63) is 62.4 Å². The molecule has 1 N–H and O–H groups in total. The summed E-state index contributed by atoms with van der Waals surface area (Å²) in [4.78, 5) is 37.5. The van der Waals surface area contributed by atoms with Crippen molar-refractivity contribution in [2.24, 2.45) is 0 Å². The molecule has 104 valence electrons.